The SMILES string of the molecule is CCONC(=O)NCc1ccccc1. The molecule has 1 aromatic carbocycles. The van der Waals surface area contributed by atoms with Crippen LogP contribution in [0.1, 0.15) is 12.5 Å². The van der Waals surface area contributed by atoms with Crippen LogP contribution in [0.2, 0.25) is 0 Å². The molecule has 2 amide bonds. The van der Waals surface area contributed by atoms with E-state index in [0.29, 0.717) is 13.2 Å². The van der Waals surface area contributed by atoms with Crippen LogP contribution in [0.5, 0.6) is 0 Å². The van der Waals surface area contributed by atoms with E-state index in [1.165, 1.54) is 0 Å². The molecule has 0 saturated heterocycles. The number of benzene rings is 1. The Morgan fingerprint density at radius 1 is 1.36 bits per heavy atom. The zero-order valence-electron chi connectivity index (χ0n) is 8.12. The Hall–Kier alpha value is -1.55. The highest BCUT2D eigenvalue weighted by Gasteiger charge is 1.97. The predicted octanol–water partition coefficient (Wildman–Crippen LogP) is 1.44. The van der Waals surface area contributed by atoms with Crippen LogP contribution in [0, 0.1) is 0 Å². The van der Waals surface area contributed by atoms with Crippen LogP contribution < -0.4 is 10.8 Å². The topological polar surface area (TPSA) is 50.4 Å². The quantitative estimate of drug-likeness (QED) is 0.712. The molecule has 0 aromatic heterocycles. The normalized spacial score (nSPS) is 9.50. The van der Waals surface area contributed by atoms with Crippen molar-refractivity contribution in [3.05, 3.63) is 35.9 Å². The number of carbonyl (C=O) groups is 1. The molecule has 0 unspecified atom stereocenters. The van der Waals surface area contributed by atoms with Crippen molar-refractivity contribution in [2.45, 2.75) is 13.5 Å². The highest BCUT2D eigenvalue weighted by atomic mass is 16.7. The number of urea groups is 1. The van der Waals surface area contributed by atoms with Gasteiger partial charge in [0, 0.05) is 6.54 Å². The fourth-order valence-electron chi connectivity index (χ4n) is 0.952. The Labute approximate surface area is 83.2 Å². The van der Waals surface area contributed by atoms with Gasteiger partial charge in [-0.15, -0.1) is 0 Å². The number of carbonyl (C=O) groups excluding carboxylic acids is 1. The lowest BCUT2D eigenvalue weighted by molar-refractivity contribution is 0.0705. The Morgan fingerprint density at radius 2 is 2.07 bits per heavy atom. The molecule has 0 aliphatic carbocycles. The van der Waals surface area contributed by atoms with E-state index in [1.54, 1.807) is 6.92 Å². The maximum atomic E-state index is 11.0. The van der Waals surface area contributed by atoms with Gasteiger partial charge in [0.15, 0.2) is 0 Å². The Morgan fingerprint density at radius 3 is 2.71 bits per heavy atom. The van der Waals surface area contributed by atoms with Crippen LogP contribution in [-0.4, -0.2) is 12.6 Å². The van der Waals surface area contributed by atoms with Gasteiger partial charge in [-0.2, -0.15) is 0 Å². The van der Waals surface area contributed by atoms with Crippen LogP contribution in [-0.2, 0) is 11.4 Å². The van der Waals surface area contributed by atoms with Crippen LogP contribution in [0.15, 0.2) is 30.3 Å². The smallest absolute Gasteiger partial charge is 0.332 e. The molecule has 1 aromatic rings. The van der Waals surface area contributed by atoms with Gasteiger partial charge < -0.3 is 5.32 Å². The summed E-state index contributed by atoms with van der Waals surface area (Å²) >= 11 is 0. The third-order valence-corrected chi connectivity index (χ3v) is 1.61. The summed E-state index contributed by atoms with van der Waals surface area (Å²) in [6, 6.07) is 9.36. The van der Waals surface area contributed by atoms with Crippen molar-refractivity contribution in [1.29, 1.82) is 0 Å². The first-order valence-electron chi connectivity index (χ1n) is 4.52. The fraction of sp³-hybridized carbons (Fsp3) is 0.300. The molecule has 0 aliphatic heterocycles. The first kappa shape index (κ1) is 10.5. The van der Waals surface area contributed by atoms with Gasteiger partial charge in [0.1, 0.15) is 0 Å². The molecule has 0 heterocycles. The number of nitrogens with one attached hydrogen (secondary N) is 2. The molecule has 0 fully saturated rings. The van der Waals surface area contributed by atoms with Crippen molar-refractivity contribution < 1.29 is 9.63 Å². The summed E-state index contributed by atoms with van der Waals surface area (Å²) in [5.41, 5.74) is 3.31. The van der Waals surface area contributed by atoms with Gasteiger partial charge in [0.25, 0.3) is 0 Å². The van der Waals surface area contributed by atoms with E-state index in [0.717, 1.165) is 5.56 Å². The highest BCUT2D eigenvalue weighted by Crippen LogP contribution is 1.96. The van der Waals surface area contributed by atoms with Crippen LogP contribution in [0.4, 0.5) is 4.79 Å². The molecule has 1 rings (SSSR count). The van der Waals surface area contributed by atoms with E-state index in [2.05, 4.69) is 10.8 Å². The molecule has 0 bridgehead atoms. The van der Waals surface area contributed by atoms with Gasteiger partial charge in [-0.05, 0) is 12.5 Å². The first-order valence-corrected chi connectivity index (χ1v) is 4.52. The van der Waals surface area contributed by atoms with Gasteiger partial charge >= 0.3 is 6.03 Å². The lowest BCUT2D eigenvalue weighted by Gasteiger charge is -2.06. The molecule has 4 heteroatoms. The molecular weight excluding hydrogens is 180 g/mol. The zero-order valence-corrected chi connectivity index (χ0v) is 8.12. The lowest BCUT2D eigenvalue weighted by atomic mass is 10.2. The van der Waals surface area contributed by atoms with Gasteiger partial charge in [0.05, 0.1) is 6.61 Å². The van der Waals surface area contributed by atoms with Crippen molar-refractivity contribution in [1.82, 2.24) is 10.8 Å². The van der Waals surface area contributed by atoms with Crippen molar-refractivity contribution in [3.63, 3.8) is 0 Å². The molecule has 2 N–H and O–H groups in total. The maximum Gasteiger partial charge on any atom is 0.338 e. The molecule has 0 spiro atoms. The van der Waals surface area contributed by atoms with Crippen molar-refractivity contribution in [2.24, 2.45) is 0 Å². The van der Waals surface area contributed by atoms with Crippen LogP contribution >= 0.6 is 0 Å². The number of hydrogen-bond donors (Lipinski definition) is 2. The summed E-state index contributed by atoms with van der Waals surface area (Å²) in [6.45, 7) is 2.76. The second-order valence-corrected chi connectivity index (χ2v) is 2.70. The van der Waals surface area contributed by atoms with E-state index in [-0.39, 0.29) is 6.03 Å². The van der Waals surface area contributed by atoms with Gasteiger partial charge in [-0.1, -0.05) is 30.3 Å². The molecule has 0 radical (unpaired) electrons. The number of amides is 2. The third kappa shape index (κ3) is 3.91. The van der Waals surface area contributed by atoms with E-state index in [9.17, 15) is 4.79 Å². The third-order valence-electron chi connectivity index (χ3n) is 1.61. The largest absolute Gasteiger partial charge is 0.338 e. The summed E-state index contributed by atoms with van der Waals surface area (Å²) in [5, 5.41) is 2.66. The summed E-state index contributed by atoms with van der Waals surface area (Å²) < 4.78 is 0. The minimum atomic E-state index is -0.323. The molecule has 14 heavy (non-hydrogen) atoms. The van der Waals surface area contributed by atoms with Crippen molar-refractivity contribution >= 4 is 6.03 Å². The summed E-state index contributed by atoms with van der Waals surface area (Å²) in [7, 11) is 0. The standard InChI is InChI=1S/C10H14N2O2/c1-2-14-12-10(13)11-8-9-6-4-3-5-7-9/h3-7H,2,8H2,1H3,(H2,11,12,13). The summed E-state index contributed by atoms with van der Waals surface area (Å²) in [5.74, 6) is 0. The second-order valence-electron chi connectivity index (χ2n) is 2.70. The van der Waals surface area contributed by atoms with E-state index in [1.807, 2.05) is 30.3 Å². The Balaban J connectivity index is 2.24. The van der Waals surface area contributed by atoms with E-state index < -0.39 is 0 Å². The molecule has 4 nitrogen and oxygen atoms in total. The molecule has 0 aliphatic rings. The zero-order chi connectivity index (χ0) is 10.2. The van der Waals surface area contributed by atoms with E-state index in [4.69, 9.17) is 4.84 Å². The summed E-state index contributed by atoms with van der Waals surface area (Å²) in [6.07, 6.45) is 0. The fourth-order valence-corrected chi connectivity index (χ4v) is 0.952. The van der Waals surface area contributed by atoms with E-state index >= 15 is 0 Å². The number of rotatable bonds is 4. The Bertz CT molecular complexity index is 275. The average molecular weight is 194 g/mol. The van der Waals surface area contributed by atoms with Gasteiger partial charge in [-0.3, -0.25) is 4.84 Å². The molecule has 0 atom stereocenters. The number of hydroxylamine groups is 1. The molecule has 76 valence electrons. The van der Waals surface area contributed by atoms with Gasteiger partial charge in [-0.25, -0.2) is 10.3 Å². The Kier molecular flexibility index (Phi) is 4.50. The molecule has 0 saturated carbocycles. The van der Waals surface area contributed by atoms with Crippen LogP contribution in [0.3, 0.4) is 0 Å². The molecular formula is C10H14N2O2. The minimum Gasteiger partial charge on any atom is -0.332 e. The highest BCUT2D eigenvalue weighted by molar-refractivity contribution is 5.72. The van der Waals surface area contributed by atoms with Crippen LogP contribution in [0.25, 0.3) is 0 Å². The lowest BCUT2D eigenvalue weighted by Crippen LogP contribution is -2.34. The van der Waals surface area contributed by atoms with Crippen molar-refractivity contribution in [2.75, 3.05) is 6.61 Å². The summed E-state index contributed by atoms with van der Waals surface area (Å²) in [4.78, 5) is 15.7. The average Bonchev–Trinajstić information content (AvgIpc) is 2.25. The minimum absolute atomic E-state index is 0.323. The number of hydrogen-bond acceptors (Lipinski definition) is 2. The second kappa shape index (κ2) is 5.99. The monoisotopic (exact) mass is 194 g/mol. The first-order chi connectivity index (χ1) is 6.83. The predicted molar refractivity (Wildman–Crippen MR) is 53.4 cm³/mol. The maximum absolute atomic E-state index is 11.0. The van der Waals surface area contributed by atoms with Gasteiger partial charge in [0.2, 0.25) is 0 Å². The van der Waals surface area contributed by atoms with Crippen molar-refractivity contribution in [3.8, 4) is 0 Å².